The second-order valence-corrected chi connectivity index (χ2v) is 9.57. The van der Waals surface area contributed by atoms with E-state index in [4.69, 9.17) is 19.0 Å². The zero-order valence-corrected chi connectivity index (χ0v) is 23.0. The van der Waals surface area contributed by atoms with Crippen LogP contribution in [0.5, 0.6) is 11.5 Å². The summed E-state index contributed by atoms with van der Waals surface area (Å²) in [6, 6.07) is 23.9. The molecule has 0 saturated carbocycles. The fraction of sp³-hybridized carbons (Fsp3) is 0.0625. The highest BCUT2D eigenvalue weighted by Crippen LogP contribution is 2.33. The molecule has 44 heavy (non-hydrogen) atoms. The van der Waals surface area contributed by atoms with Crippen LogP contribution in [0.25, 0.3) is 33.5 Å². The van der Waals surface area contributed by atoms with Crippen molar-refractivity contribution in [3.8, 4) is 23.1 Å². The number of methoxy groups -OCH3 is 1. The number of rotatable bonds is 9. The summed E-state index contributed by atoms with van der Waals surface area (Å²) in [5, 5.41) is 26.1. The number of nitrogens with zero attached hydrogens (tertiary/aromatic N) is 4. The van der Waals surface area contributed by atoms with Crippen LogP contribution in [0.4, 0.5) is 5.69 Å². The summed E-state index contributed by atoms with van der Waals surface area (Å²) >= 11 is 0. The average Bonchev–Trinajstić information content (AvgIpc) is 3.48. The van der Waals surface area contributed by atoms with Crippen LogP contribution in [0.2, 0.25) is 0 Å². The molecule has 0 aliphatic carbocycles. The number of carboxylic acids is 1. The molecule has 6 rings (SSSR count). The Labute approximate surface area is 248 Å². The third-order valence-corrected chi connectivity index (χ3v) is 6.83. The minimum atomic E-state index is -1.05. The molecule has 0 amide bonds. The lowest BCUT2D eigenvalue weighted by Crippen LogP contribution is -2.20. The van der Waals surface area contributed by atoms with Crippen molar-refractivity contribution in [3.05, 3.63) is 128 Å². The number of nitro benzene ring substituents is 1. The Morgan fingerprint density at radius 2 is 1.82 bits per heavy atom. The van der Waals surface area contributed by atoms with E-state index in [0.717, 1.165) is 4.68 Å². The molecule has 0 saturated heterocycles. The predicted molar refractivity (Wildman–Crippen MR) is 162 cm³/mol. The van der Waals surface area contributed by atoms with Crippen molar-refractivity contribution >= 4 is 39.7 Å². The maximum Gasteiger partial charge on any atom is 0.335 e. The standard InChI is InChI=1S/C32H22N4O8/c1-42-27-7-4-8-28-24(27)16-29(44-28)30-34-25-6-3-2-5-23(25)31(37)35(30)33-17-21-15-22(36(40)41)13-14-26(21)43-18-19-9-11-20(12-10-19)32(38)39/h2-17H,18H2,1H3,(H,38,39). The Balaban J connectivity index is 1.44. The number of hydrogen-bond acceptors (Lipinski definition) is 9. The molecule has 0 atom stereocenters. The molecule has 12 nitrogen and oxygen atoms in total. The maximum absolute atomic E-state index is 13.7. The molecule has 2 heterocycles. The van der Waals surface area contributed by atoms with E-state index in [-0.39, 0.29) is 40.8 Å². The van der Waals surface area contributed by atoms with Gasteiger partial charge in [0.05, 0.1) is 40.1 Å². The van der Waals surface area contributed by atoms with Gasteiger partial charge in [-0.2, -0.15) is 9.78 Å². The second kappa shape index (κ2) is 11.5. The van der Waals surface area contributed by atoms with E-state index in [1.165, 1.54) is 36.5 Å². The number of para-hydroxylation sites is 1. The van der Waals surface area contributed by atoms with Crippen molar-refractivity contribution in [2.75, 3.05) is 7.11 Å². The van der Waals surface area contributed by atoms with Gasteiger partial charge in [0.2, 0.25) is 5.82 Å². The Morgan fingerprint density at radius 3 is 2.57 bits per heavy atom. The highest BCUT2D eigenvalue weighted by Gasteiger charge is 2.18. The Hall–Kier alpha value is -6.30. The van der Waals surface area contributed by atoms with Gasteiger partial charge >= 0.3 is 5.97 Å². The van der Waals surface area contributed by atoms with Crippen molar-refractivity contribution in [1.82, 2.24) is 9.66 Å². The van der Waals surface area contributed by atoms with E-state index in [2.05, 4.69) is 10.1 Å². The lowest BCUT2D eigenvalue weighted by molar-refractivity contribution is -0.384. The van der Waals surface area contributed by atoms with Gasteiger partial charge in [-0.05, 0) is 54.1 Å². The molecular weight excluding hydrogens is 568 g/mol. The van der Waals surface area contributed by atoms with Crippen molar-refractivity contribution in [2.45, 2.75) is 6.61 Å². The topological polar surface area (TPSA) is 159 Å². The first-order chi connectivity index (χ1) is 21.3. The number of non-ortho nitro benzene ring substituents is 1. The summed E-state index contributed by atoms with van der Waals surface area (Å²) in [6.07, 6.45) is 1.28. The number of carbonyl (C=O) groups is 1. The van der Waals surface area contributed by atoms with Gasteiger partial charge in [0.25, 0.3) is 11.2 Å². The first kappa shape index (κ1) is 27.8. The van der Waals surface area contributed by atoms with Crippen molar-refractivity contribution < 1.29 is 28.7 Å². The summed E-state index contributed by atoms with van der Waals surface area (Å²) in [5.74, 6) is 0.135. The van der Waals surface area contributed by atoms with Gasteiger partial charge < -0.3 is 19.0 Å². The number of aromatic nitrogens is 2. The zero-order valence-electron chi connectivity index (χ0n) is 23.0. The van der Waals surface area contributed by atoms with Gasteiger partial charge in [-0.15, -0.1) is 0 Å². The Kier molecular flexibility index (Phi) is 7.30. The van der Waals surface area contributed by atoms with E-state index < -0.39 is 16.5 Å². The third-order valence-electron chi connectivity index (χ3n) is 6.83. The summed E-state index contributed by atoms with van der Waals surface area (Å²) in [5.41, 5.74) is 1.28. The van der Waals surface area contributed by atoms with Crippen LogP contribution < -0.4 is 15.0 Å². The fourth-order valence-electron chi connectivity index (χ4n) is 4.62. The second-order valence-electron chi connectivity index (χ2n) is 9.57. The van der Waals surface area contributed by atoms with Crippen LogP contribution in [0, 0.1) is 10.1 Å². The molecule has 218 valence electrons. The molecule has 0 unspecified atom stereocenters. The first-order valence-electron chi connectivity index (χ1n) is 13.2. The lowest BCUT2D eigenvalue weighted by Gasteiger charge is -2.10. The monoisotopic (exact) mass is 590 g/mol. The van der Waals surface area contributed by atoms with E-state index in [0.29, 0.717) is 33.2 Å². The number of benzene rings is 4. The molecule has 1 N–H and O–H groups in total. The first-order valence-corrected chi connectivity index (χ1v) is 13.2. The largest absolute Gasteiger partial charge is 0.496 e. The molecule has 4 aromatic carbocycles. The molecule has 0 spiro atoms. The molecule has 0 bridgehead atoms. The minimum absolute atomic E-state index is 0.0437. The highest BCUT2D eigenvalue weighted by atomic mass is 16.6. The van der Waals surface area contributed by atoms with Crippen LogP contribution in [-0.4, -0.2) is 39.0 Å². The normalized spacial score (nSPS) is 11.3. The molecule has 2 aromatic heterocycles. The third kappa shape index (κ3) is 5.34. The number of ether oxygens (including phenoxy) is 2. The Morgan fingerprint density at radius 1 is 1.02 bits per heavy atom. The fourth-order valence-corrected chi connectivity index (χ4v) is 4.62. The smallest absolute Gasteiger partial charge is 0.335 e. The molecule has 0 aliphatic heterocycles. The molecule has 0 aliphatic rings. The van der Waals surface area contributed by atoms with E-state index in [1.54, 1.807) is 67.8 Å². The molecule has 12 heteroatoms. The van der Waals surface area contributed by atoms with Crippen molar-refractivity contribution in [1.29, 1.82) is 0 Å². The number of hydrogen-bond donors (Lipinski definition) is 1. The van der Waals surface area contributed by atoms with E-state index in [1.807, 2.05) is 0 Å². The van der Waals surface area contributed by atoms with Gasteiger partial charge in [-0.25, -0.2) is 9.78 Å². The summed E-state index contributed by atoms with van der Waals surface area (Å²) < 4.78 is 18.5. The average molecular weight is 591 g/mol. The van der Waals surface area contributed by atoms with Gasteiger partial charge in [-0.1, -0.05) is 30.3 Å². The van der Waals surface area contributed by atoms with Crippen LogP contribution >= 0.6 is 0 Å². The number of fused-ring (bicyclic) bond motifs is 2. The number of nitro groups is 1. The van der Waals surface area contributed by atoms with Crippen LogP contribution in [-0.2, 0) is 6.61 Å². The van der Waals surface area contributed by atoms with E-state index in [9.17, 15) is 19.7 Å². The van der Waals surface area contributed by atoms with Crippen LogP contribution in [0.15, 0.2) is 105 Å². The molecule has 6 aromatic rings. The number of furan rings is 1. The Bertz CT molecular complexity index is 2150. The lowest BCUT2D eigenvalue weighted by atomic mass is 10.1. The summed E-state index contributed by atoms with van der Waals surface area (Å²) in [7, 11) is 1.54. The van der Waals surface area contributed by atoms with Crippen LogP contribution in [0.1, 0.15) is 21.5 Å². The van der Waals surface area contributed by atoms with Gasteiger partial charge in [-0.3, -0.25) is 14.9 Å². The van der Waals surface area contributed by atoms with Crippen molar-refractivity contribution in [3.63, 3.8) is 0 Å². The molecule has 0 radical (unpaired) electrons. The maximum atomic E-state index is 13.7. The molecular formula is C32H22N4O8. The van der Waals surface area contributed by atoms with Gasteiger partial charge in [0.15, 0.2) is 5.76 Å². The number of carboxylic acid groups (broad SMARTS) is 1. The van der Waals surface area contributed by atoms with Gasteiger partial charge in [0, 0.05) is 17.7 Å². The quantitative estimate of drug-likeness (QED) is 0.123. The van der Waals surface area contributed by atoms with Gasteiger partial charge in [0.1, 0.15) is 23.7 Å². The van der Waals surface area contributed by atoms with Crippen LogP contribution in [0.3, 0.4) is 0 Å². The van der Waals surface area contributed by atoms with Crippen molar-refractivity contribution in [2.24, 2.45) is 5.10 Å². The minimum Gasteiger partial charge on any atom is -0.496 e. The zero-order chi connectivity index (χ0) is 30.8. The number of aromatic carboxylic acids is 1. The molecule has 0 fully saturated rings. The highest BCUT2D eigenvalue weighted by molar-refractivity contribution is 5.89. The summed E-state index contributed by atoms with van der Waals surface area (Å²) in [4.78, 5) is 40.5. The summed E-state index contributed by atoms with van der Waals surface area (Å²) in [6.45, 7) is 0.0437. The SMILES string of the molecule is COc1cccc2oc(-c3nc4ccccc4c(=O)n3N=Cc3cc([N+](=O)[O-])ccc3OCc3ccc(C(=O)O)cc3)cc12. The predicted octanol–water partition coefficient (Wildman–Crippen LogP) is 5.89. The van der Waals surface area contributed by atoms with E-state index >= 15 is 0 Å².